The van der Waals surface area contributed by atoms with Crippen LogP contribution in [0.1, 0.15) is 42.1 Å². The summed E-state index contributed by atoms with van der Waals surface area (Å²) in [5.41, 5.74) is 1.98. The highest BCUT2D eigenvalue weighted by molar-refractivity contribution is 6.01. The van der Waals surface area contributed by atoms with E-state index in [2.05, 4.69) is 6.92 Å². The van der Waals surface area contributed by atoms with Crippen LogP contribution in [0.3, 0.4) is 0 Å². The van der Waals surface area contributed by atoms with Gasteiger partial charge in [-0.25, -0.2) is 0 Å². The number of hydrogen-bond acceptors (Lipinski definition) is 2. The lowest BCUT2D eigenvalue weighted by Gasteiger charge is -2.07. The van der Waals surface area contributed by atoms with Gasteiger partial charge in [0, 0.05) is 24.3 Å². The number of carbonyl (C=O) groups excluding carboxylic acids is 2. The van der Waals surface area contributed by atoms with Gasteiger partial charge in [-0.1, -0.05) is 31.2 Å². The molecule has 2 heteroatoms. The Balaban J connectivity index is 2.11. The molecule has 0 radical (unpaired) electrons. The quantitative estimate of drug-likeness (QED) is 0.728. The van der Waals surface area contributed by atoms with Crippen LogP contribution in [0, 0.1) is 5.92 Å². The van der Waals surface area contributed by atoms with E-state index in [0.717, 1.165) is 18.4 Å². The monoisotopic (exact) mass is 216 g/mol. The molecular formula is C14H16O2. The first-order valence-corrected chi connectivity index (χ1v) is 5.85. The van der Waals surface area contributed by atoms with Crippen LogP contribution in [0.2, 0.25) is 0 Å². The molecule has 1 saturated carbocycles. The summed E-state index contributed by atoms with van der Waals surface area (Å²) in [5.74, 6) is 0.289. The lowest BCUT2D eigenvalue weighted by molar-refractivity contribution is -0.117. The molecule has 16 heavy (non-hydrogen) atoms. The average Bonchev–Trinajstić information content (AvgIpc) is 2.75. The van der Waals surface area contributed by atoms with Gasteiger partial charge >= 0.3 is 0 Å². The van der Waals surface area contributed by atoms with E-state index in [9.17, 15) is 9.59 Å². The van der Waals surface area contributed by atoms with Gasteiger partial charge in [-0.3, -0.25) is 9.59 Å². The molecule has 0 amide bonds. The maximum atomic E-state index is 12.0. The molecule has 0 N–H and O–H groups in total. The number of carbonyl (C=O) groups is 2. The summed E-state index contributed by atoms with van der Waals surface area (Å²) in [7, 11) is 0. The molecule has 0 aromatic heterocycles. The number of ketones is 2. The zero-order valence-corrected chi connectivity index (χ0v) is 9.53. The molecule has 0 heterocycles. The predicted octanol–water partition coefficient (Wildman–Crippen LogP) is 2.80. The highest BCUT2D eigenvalue weighted by Gasteiger charge is 2.28. The molecular weight excluding hydrogens is 200 g/mol. The highest BCUT2D eigenvalue weighted by atomic mass is 16.1. The van der Waals surface area contributed by atoms with E-state index in [4.69, 9.17) is 0 Å². The topological polar surface area (TPSA) is 34.1 Å². The molecule has 1 aromatic rings. The van der Waals surface area contributed by atoms with Crippen molar-refractivity contribution in [3.05, 3.63) is 35.4 Å². The van der Waals surface area contributed by atoms with Crippen LogP contribution < -0.4 is 0 Å². The van der Waals surface area contributed by atoms with Crippen molar-refractivity contribution < 1.29 is 9.59 Å². The third-order valence-corrected chi connectivity index (χ3v) is 3.26. The predicted molar refractivity (Wildman–Crippen MR) is 62.5 cm³/mol. The van der Waals surface area contributed by atoms with Gasteiger partial charge in [-0.15, -0.1) is 0 Å². The van der Waals surface area contributed by atoms with Crippen molar-refractivity contribution in [2.75, 3.05) is 0 Å². The SMILES string of the molecule is CCc1ccc(C(=O)C2CCC(=O)C2)cc1. The Morgan fingerprint density at radius 1 is 1.31 bits per heavy atom. The second kappa shape index (κ2) is 4.60. The average molecular weight is 216 g/mol. The summed E-state index contributed by atoms with van der Waals surface area (Å²) >= 11 is 0. The molecule has 0 aliphatic heterocycles. The molecule has 1 aromatic carbocycles. The van der Waals surface area contributed by atoms with E-state index in [-0.39, 0.29) is 17.5 Å². The van der Waals surface area contributed by atoms with Crippen molar-refractivity contribution >= 4 is 11.6 Å². The van der Waals surface area contributed by atoms with Crippen LogP contribution in [-0.2, 0) is 11.2 Å². The molecule has 0 bridgehead atoms. The second-order valence-corrected chi connectivity index (χ2v) is 4.39. The van der Waals surface area contributed by atoms with Crippen LogP contribution in [0.15, 0.2) is 24.3 Å². The van der Waals surface area contributed by atoms with Crippen molar-refractivity contribution in [1.82, 2.24) is 0 Å². The lowest BCUT2D eigenvalue weighted by Crippen LogP contribution is -2.11. The Labute approximate surface area is 95.7 Å². The van der Waals surface area contributed by atoms with Gasteiger partial charge in [0.25, 0.3) is 0 Å². The molecule has 0 saturated heterocycles. The molecule has 1 aliphatic rings. The minimum absolute atomic E-state index is 0.0695. The number of aryl methyl sites for hydroxylation is 1. The van der Waals surface area contributed by atoms with Gasteiger partial charge in [-0.05, 0) is 18.4 Å². The van der Waals surface area contributed by atoms with Crippen LogP contribution in [0.25, 0.3) is 0 Å². The third kappa shape index (κ3) is 2.21. The van der Waals surface area contributed by atoms with Gasteiger partial charge in [0.15, 0.2) is 5.78 Å². The normalized spacial score (nSPS) is 20.1. The van der Waals surface area contributed by atoms with Gasteiger partial charge < -0.3 is 0 Å². The molecule has 1 aliphatic carbocycles. The minimum Gasteiger partial charge on any atom is -0.300 e. The summed E-state index contributed by atoms with van der Waals surface area (Å²) in [6.07, 6.45) is 2.72. The smallest absolute Gasteiger partial charge is 0.166 e. The van der Waals surface area contributed by atoms with E-state index in [1.165, 1.54) is 5.56 Å². The zero-order valence-electron chi connectivity index (χ0n) is 9.53. The fraction of sp³-hybridized carbons (Fsp3) is 0.429. The summed E-state index contributed by atoms with van der Waals surface area (Å²) in [6.45, 7) is 2.09. The molecule has 2 rings (SSSR count). The highest BCUT2D eigenvalue weighted by Crippen LogP contribution is 2.25. The Morgan fingerprint density at radius 2 is 2.00 bits per heavy atom. The second-order valence-electron chi connectivity index (χ2n) is 4.39. The van der Waals surface area contributed by atoms with Crippen LogP contribution in [0.4, 0.5) is 0 Å². The standard InChI is InChI=1S/C14H16O2/c1-2-10-3-5-11(6-4-10)14(16)12-7-8-13(15)9-12/h3-6,12H,2,7-9H2,1H3. The number of hydrogen-bond donors (Lipinski definition) is 0. The van der Waals surface area contributed by atoms with Crippen molar-refractivity contribution in [3.63, 3.8) is 0 Å². The largest absolute Gasteiger partial charge is 0.300 e. The Bertz CT molecular complexity index is 403. The van der Waals surface area contributed by atoms with Crippen molar-refractivity contribution in [2.45, 2.75) is 32.6 Å². The van der Waals surface area contributed by atoms with Crippen LogP contribution >= 0.6 is 0 Å². The molecule has 0 spiro atoms. The first-order valence-electron chi connectivity index (χ1n) is 5.85. The lowest BCUT2D eigenvalue weighted by atomic mass is 9.95. The fourth-order valence-corrected chi connectivity index (χ4v) is 2.18. The Kier molecular flexibility index (Phi) is 3.18. The number of benzene rings is 1. The van der Waals surface area contributed by atoms with Crippen LogP contribution in [0.5, 0.6) is 0 Å². The molecule has 84 valence electrons. The van der Waals surface area contributed by atoms with Crippen molar-refractivity contribution in [1.29, 1.82) is 0 Å². The van der Waals surface area contributed by atoms with Gasteiger partial charge in [0.05, 0.1) is 0 Å². The van der Waals surface area contributed by atoms with E-state index < -0.39 is 0 Å². The summed E-state index contributed by atoms with van der Waals surface area (Å²) < 4.78 is 0. The molecule has 1 atom stereocenters. The molecule has 2 nitrogen and oxygen atoms in total. The van der Waals surface area contributed by atoms with Gasteiger partial charge in [-0.2, -0.15) is 0 Å². The van der Waals surface area contributed by atoms with E-state index in [1.54, 1.807) is 0 Å². The van der Waals surface area contributed by atoms with E-state index in [1.807, 2.05) is 24.3 Å². The fourth-order valence-electron chi connectivity index (χ4n) is 2.18. The van der Waals surface area contributed by atoms with Crippen LogP contribution in [-0.4, -0.2) is 11.6 Å². The Morgan fingerprint density at radius 3 is 2.50 bits per heavy atom. The van der Waals surface area contributed by atoms with Gasteiger partial charge in [0.1, 0.15) is 5.78 Å². The molecule has 1 fully saturated rings. The van der Waals surface area contributed by atoms with Crippen molar-refractivity contribution in [3.8, 4) is 0 Å². The van der Waals surface area contributed by atoms with E-state index in [0.29, 0.717) is 12.8 Å². The van der Waals surface area contributed by atoms with Gasteiger partial charge in [0.2, 0.25) is 0 Å². The number of rotatable bonds is 3. The van der Waals surface area contributed by atoms with Crippen molar-refractivity contribution in [2.24, 2.45) is 5.92 Å². The summed E-state index contributed by atoms with van der Waals surface area (Å²) in [4.78, 5) is 23.2. The maximum Gasteiger partial charge on any atom is 0.166 e. The zero-order chi connectivity index (χ0) is 11.5. The Hall–Kier alpha value is -1.44. The number of Topliss-reactive ketones (excluding diaryl/α,β-unsaturated/α-hetero) is 2. The summed E-state index contributed by atoms with van der Waals surface area (Å²) in [6, 6.07) is 7.74. The first-order chi connectivity index (χ1) is 7.70. The first kappa shape index (κ1) is 11.1. The minimum atomic E-state index is -0.0695. The maximum absolute atomic E-state index is 12.0. The third-order valence-electron chi connectivity index (χ3n) is 3.26. The summed E-state index contributed by atoms with van der Waals surface area (Å²) in [5, 5.41) is 0. The molecule has 1 unspecified atom stereocenters. The van der Waals surface area contributed by atoms with E-state index >= 15 is 0 Å².